The lowest BCUT2D eigenvalue weighted by atomic mass is 10.2. The summed E-state index contributed by atoms with van der Waals surface area (Å²) in [6.45, 7) is 3.74. The second-order valence-electron chi connectivity index (χ2n) is 4.49. The van der Waals surface area contributed by atoms with Crippen molar-refractivity contribution in [2.24, 2.45) is 0 Å². The number of carbonyl (C=O) groups excluding carboxylic acids is 1. The summed E-state index contributed by atoms with van der Waals surface area (Å²) >= 11 is 0. The molecule has 2 rings (SSSR count). The summed E-state index contributed by atoms with van der Waals surface area (Å²) in [7, 11) is 0. The van der Waals surface area contributed by atoms with E-state index in [1.165, 1.54) is 0 Å². The highest BCUT2D eigenvalue weighted by molar-refractivity contribution is 5.75. The number of carbonyl (C=O) groups is 1. The van der Waals surface area contributed by atoms with Crippen molar-refractivity contribution in [3.8, 4) is 17.5 Å². The number of hydrogen-bond donors (Lipinski definition) is 1. The van der Waals surface area contributed by atoms with Gasteiger partial charge in [-0.1, -0.05) is 30.3 Å². The fourth-order valence-corrected chi connectivity index (χ4v) is 1.92. The summed E-state index contributed by atoms with van der Waals surface area (Å²) in [6.07, 6.45) is 0. The molecule has 0 spiro atoms. The molecule has 1 heterocycles. The minimum absolute atomic E-state index is 0.0484. The second kappa shape index (κ2) is 7.18. The Morgan fingerprint density at radius 3 is 2.68 bits per heavy atom. The summed E-state index contributed by atoms with van der Waals surface area (Å²) in [5, 5.41) is 12.1. The summed E-state index contributed by atoms with van der Waals surface area (Å²) in [5.41, 5.74) is 1.72. The van der Waals surface area contributed by atoms with Crippen LogP contribution in [0.1, 0.15) is 18.2 Å². The SMILES string of the molecule is CCOC(=O)CNc1nc(-c2ccccc2)nc(C)c1C#N. The van der Waals surface area contributed by atoms with Crippen molar-refractivity contribution >= 4 is 11.8 Å². The Bertz CT molecular complexity index is 708. The third-order valence-corrected chi connectivity index (χ3v) is 2.94. The van der Waals surface area contributed by atoms with Crippen LogP contribution in [0.3, 0.4) is 0 Å². The predicted octanol–water partition coefficient (Wildman–Crippen LogP) is 2.30. The van der Waals surface area contributed by atoms with E-state index in [9.17, 15) is 10.1 Å². The first kappa shape index (κ1) is 15.4. The number of nitriles is 1. The predicted molar refractivity (Wildman–Crippen MR) is 82.0 cm³/mol. The molecule has 0 aliphatic heterocycles. The van der Waals surface area contributed by atoms with Crippen LogP contribution < -0.4 is 5.32 Å². The summed E-state index contributed by atoms with van der Waals surface area (Å²) in [4.78, 5) is 20.1. The van der Waals surface area contributed by atoms with Gasteiger partial charge in [-0.3, -0.25) is 4.79 Å². The maximum absolute atomic E-state index is 11.4. The van der Waals surface area contributed by atoms with E-state index in [1.807, 2.05) is 30.3 Å². The molecule has 0 fully saturated rings. The fourth-order valence-electron chi connectivity index (χ4n) is 1.92. The van der Waals surface area contributed by atoms with Crippen LogP contribution in [0.5, 0.6) is 0 Å². The minimum atomic E-state index is -0.399. The van der Waals surface area contributed by atoms with Crippen LogP contribution in [0.25, 0.3) is 11.4 Å². The lowest BCUT2D eigenvalue weighted by Gasteiger charge is -2.10. The summed E-state index contributed by atoms with van der Waals surface area (Å²) in [6, 6.07) is 11.5. The quantitative estimate of drug-likeness (QED) is 0.852. The number of ether oxygens (including phenoxy) is 1. The highest BCUT2D eigenvalue weighted by Crippen LogP contribution is 2.21. The Kier molecular flexibility index (Phi) is 5.04. The molecule has 0 atom stereocenters. The summed E-state index contributed by atoms with van der Waals surface area (Å²) in [5.74, 6) is 0.439. The van der Waals surface area contributed by atoms with Crippen LogP contribution in [0.2, 0.25) is 0 Å². The van der Waals surface area contributed by atoms with Gasteiger partial charge in [0.15, 0.2) is 5.82 Å². The van der Waals surface area contributed by atoms with Crippen LogP contribution in [0.15, 0.2) is 30.3 Å². The van der Waals surface area contributed by atoms with Gasteiger partial charge in [0.05, 0.1) is 12.3 Å². The number of aryl methyl sites for hydroxylation is 1. The van der Waals surface area contributed by atoms with Crippen molar-refractivity contribution in [2.45, 2.75) is 13.8 Å². The first-order valence-electron chi connectivity index (χ1n) is 6.89. The van der Waals surface area contributed by atoms with Gasteiger partial charge >= 0.3 is 5.97 Å². The Morgan fingerprint density at radius 1 is 1.32 bits per heavy atom. The second-order valence-corrected chi connectivity index (χ2v) is 4.49. The van der Waals surface area contributed by atoms with Gasteiger partial charge in [-0.15, -0.1) is 0 Å². The average molecular weight is 296 g/mol. The number of anilines is 1. The van der Waals surface area contributed by atoms with E-state index in [1.54, 1.807) is 13.8 Å². The summed E-state index contributed by atoms with van der Waals surface area (Å²) < 4.78 is 4.85. The molecule has 1 aromatic carbocycles. The smallest absolute Gasteiger partial charge is 0.325 e. The van der Waals surface area contributed by atoms with Crippen LogP contribution in [-0.4, -0.2) is 29.1 Å². The number of benzene rings is 1. The third-order valence-electron chi connectivity index (χ3n) is 2.94. The fraction of sp³-hybridized carbons (Fsp3) is 0.250. The van der Waals surface area contributed by atoms with Crippen LogP contribution in [0.4, 0.5) is 5.82 Å². The number of rotatable bonds is 5. The van der Waals surface area contributed by atoms with Gasteiger partial charge in [0.1, 0.15) is 24.0 Å². The topological polar surface area (TPSA) is 87.9 Å². The zero-order chi connectivity index (χ0) is 15.9. The maximum atomic E-state index is 11.4. The van der Waals surface area contributed by atoms with E-state index in [-0.39, 0.29) is 6.54 Å². The highest BCUT2D eigenvalue weighted by Gasteiger charge is 2.13. The van der Waals surface area contributed by atoms with Crippen molar-refractivity contribution in [3.63, 3.8) is 0 Å². The molecule has 1 N–H and O–H groups in total. The number of hydrogen-bond acceptors (Lipinski definition) is 6. The average Bonchev–Trinajstić information content (AvgIpc) is 2.53. The molecule has 2 aromatic rings. The van der Waals surface area contributed by atoms with E-state index in [4.69, 9.17) is 4.74 Å². The molecular formula is C16H16N4O2. The normalized spacial score (nSPS) is 9.86. The van der Waals surface area contributed by atoms with Crippen molar-refractivity contribution < 1.29 is 9.53 Å². The highest BCUT2D eigenvalue weighted by atomic mass is 16.5. The van der Waals surface area contributed by atoms with Gasteiger partial charge in [-0.25, -0.2) is 9.97 Å². The van der Waals surface area contributed by atoms with Gasteiger partial charge in [0.2, 0.25) is 0 Å². The molecule has 0 radical (unpaired) electrons. The number of nitrogens with zero attached hydrogens (tertiary/aromatic N) is 3. The Balaban J connectivity index is 2.33. The lowest BCUT2D eigenvalue weighted by Crippen LogP contribution is -2.18. The molecule has 1 aromatic heterocycles. The largest absolute Gasteiger partial charge is 0.465 e. The first-order valence-corrected chi connectivity index (χ1v) is 6.89. The van der Waals surface area contributed by atoms with E-state index < -0.39 is 5.97 Å². The number of esters is 1. The molecule has 0 unspecified atom stereocenters. The van der Waals surface area contributed by atoms with E-state index in [2.05, 4.69) is 21.4 Å². The molecule has 6 nitrogen and oxygen atoms in total. The maximum Gasteiger partial charge on any atom is 0.325 e. The van der Waals surface area contributed by atoms with E-state index >= 15 is 0 Å². The number of aromatic nitrogens is 2. The third kappa shape index (κ3) is 3.58. The van der Waals surface area contributed by atoms with Gasteiger partial charge in [0, 0.05) is 5.56 Å². The Hall–Kier alpha value is -2.94. The molecule has 0 bridgehead atoms. The van der Waals surface area contributed by atoms with Crippen LogP contribution in [0, 0.1) is 18.3 Å². The van der Waals surface area contributed by atoms with Crippen molar-refractivity contribution in [3.05, 3.63) is 41.6 Å². The molecule has 0 aliphatic carbocycles. The van der Waals surface area contributed by atoms with Gasteiger partial charge < -0.3 is 10.1 Å². The molecule has 0 aliphatic rings. The monoisotopic (exact) mass is 296 g/mol. The molecule has 0 saturated heterocycles. The molecule has 0 amide bonds. The molecule has 22 heavy (non-hydrogen) atoms. The van der Waals surface area contributed by atoms with Gasteiger partial charge in [-0.2, -0.15) is 5.26 Å². The first-order chi connectivity index (χ1) is 10.7. The Morgan fingerprint density at radius 2 is 2.05 bits per heavy atom. The van der Waals surface area contributed by atoms with Crippen LogP contribution in [-0.2, 0) is 9.53 Å². The van der Waals surface area contributed by atoms with Gasteiger partial charge in [-0.05, 0) is 13.8 Å². The minimum Gasteiger partial charge on any atom is -0.465 e. The van der Waals surface area contributed by atoms with E-state index in [0.29, 0.717) is 29.5 Å². The van der Waals surface area contributed by atoms with Gasteiger partial charge in [0.25, 0.3) is 0 Å². The standard InChI is InChI=1S/C16H16N4O2/c1-3-22-14(21)10-18-16-13(9-17)11(2)19-15(20-16)12-7-5-4-6-8-12/h4-8H,3,10H2,1-2H3,(H,18,19,20). The zero-order valence-electron chi connectivity index (χ0n) is 12.5. The van der Waals surface area contributed by atoms with Crippen molar-refractivity contribution in [1.82, 2.24) is 9.97 Å². The molecule has 112 valence electrons. The van der Waals surface area contributed by atoms with Crippen LogP contribution >= 0.6 is 0 Å². The Labute approximate surface area is 128 Å². The molecule has 6 heteroatoms. The van der Waals surface area contributed by atoms with E-state index in [0.717, 1.165) is 5.56 Å². The lowest BCUT2D eigenvalue weighted by molar-refractivity contribution is -0.140. The number of nitrogens with one attached hydrogen (secondary N) is 1. The van der Waals surface area contributed by atoms with Crippen molar-refractivity contribution in [2.75, 3.05) is 18.5 Å². The van der Waals surface area contributed by atoms with Crippen molar-refractivity contribution in [1.29, 1.82) is 5.26 Å². The molecular weight excluding hydrogens is 280 g/mol. The molecule has 0 saturated carbocycles. The zero-order valence-corrected chi connectivity index (χ0v) is 12.5.